The molecule has 2 aromatic rings. The Morgan fingerprint density at radius 3 is 3.11 bits per heavy atom. The van der Waals surface area contributed by atoms with Crippen molar-refractivity contribution in [2.24, 2.45) is 0 Å². The quantitative estimate of drug-likeness (QED) is 0.900. The molecule has 1 aromatic heterocycles. The molecule has 0 amide bonds. The van der Waals surface area contributed by atoms with E-state index < -0.39 is 0 Å². The first-order valence-corrected chi connectivity index (χ1v) is 6.59. The van der Waals surface area contributed by atoms with Gasteiger partial charge < -0.3 is 10.1 Å². The number of fused-ring (bicyclic) bond motifs is 1. The van der Waals surface area contributed by atoms with Crippen molar-refractivity contribution in [2.75, 3.05) is 18.5 Å². The number of nitrogens with one attached hydrogen (secondary N) is 1. The number of benzene rings is 1. The van der Waals surface area contributed by atoms with Crippen LogP contribution in [0.3, 0.4) is 0 Å². The van der Waals surface area contributed by atoms with E-state index in [4.69, 9.17) is 16.3 Å². The molecule has 0 aliphatic carbocycles. The van der Waals surface area contributed by atoms with Crippen LogP contribution in [0.4, 0.5) is 5.69 Å². The van der Waals surface area contributed by atoms with Gasteiger partial charge in [-0.15, -0.1) is 0 Å². The number of pyridine rings is 1. The third kappa shape index (κ3) is 2.42. The molecule has 1 N–H and O–H groups in total. The second-order valence-corrected chi connectivity index (χ2v) is 5.01. The molecule has 1 aliphatic heterocycles. The molecule has 1 unspecified atom stereocenters. The number of hydrogen-bond acceptors (Lipinski definition) is 3. The summed E-state index contributed by atoms with van der Waals surface area (Å²) in [6, 6.07) is 8.19. The van der Waals surface area contributed by atoms with Crippen LogP contribution in [0.15, 0.2) is 30.5 Å². The van der Waals surface area contributed by atoms with Crippen molar-refractivity contribution in [3.05, 3.63) is 35.5 Å². The lowest BCUT2D eigenvalue weighted by Crippen LogP contribution is -2.30. The fraction of sp³-hybridized carbons (Fsp3) is 0.357. The molecule has 3 nitrogen and oxygen atoms in total. The summed E-state index contributed by atoms with van der Waals surface area (Å²) in [6.07, 6.45) is 4.08. The highest BCUT2D eigenvalue weighted by molar-refractivity contribution is 6.31. The molecular formula is C14H15ClN2O. The van der Waals surface area contributed by atoms with Crippen LogP contribution in [-0.2, 0) is 4.74 Å². The number of halogens is 1. The molecule has 0 radical (unpaired) electrons. The maximum Gasteiger partial charge on any atom is 0.0737 e. The van der Waals surface area contributed by atoms with Crippen LogP contribution >= 0.6 is 11.6 Å². The summed E-state index contributed by atoms with van der Waals surface area (Å²) in [7, 11) is 0. The van der Waals surface area contributed by atoms with E-state index in [1.165, 1.54) is 0 Å². The smallest absolute Gasteiger partial charge is 0.0737 e. The lowest BCUT2D eigenvalue weighted by Gasteiger charge is -2.24. The molecule has 2 heterocycles. The van der Waals surface area contributed by atoms with Crippen LogP contribution in [0.2, 0.25) is 5.02 Å². The Bertz CT molecular complexity index is 552. The van der Waals surface area contributed by atoms with Gasteiger partial charge in [0.15, 0.2) is 0 Å². The van der Waals surface area contributed by atoms with Gasteiger partial charge in [-0.25, -0.2) is 0 Å². The maximum atomic E-state index is 5.98. The van der Waals surface area contributed by atoms with Crippen LogP contribution in [0.25, 0.3) is 10.9 Å². The van der Waals surface area contributed by atoms with Crippen LogP contribution in [0.1, 0.15) is 12.8 Å². The van der Waals surface area contributed by atoms with E-state index in [9.17, 15) is 0 Å². The standard InChI is InChI=1S/C14H15ClN2O/c15-10-3-4-12-13(5-6-16-14(12)8-10)17-11-2-1-7-18-9-11/h3-6,8,11H,1-2,7,9H2,(H,16,17). The van der Waals surface area contributed by atoms with Gasteiger partial charge in [-0.3, -0.25) is 4.98 Å². The third-order valence-corrected chi connectivity index (χ3v) is 3.46. The number of ether oxygens (including phenoxy) is 1. The molecule has 1 saturated heterocycles. The minimum atomic E-state index is 0.389. The van der Waals surface area contributed by atoms with Crippen LogP contribution < -0.4 is 5.32 Å². The number of hydrogen-bond donors (Lipinski definition) is 1. The monoisotopic (exact) mass is 262 g/mol. The van der Waals surface area contributed by atoms with Gasteiger partial charge in [0.05, 0.1) is 12.1 Å². The zero-order chi connectivity index (χ0) is 12.4. The van der Waals surface area contributed by atoms with Gasteiger partial charge in [-0.2, -0.15) is 0 Å². The highest BCUT2D eigenvalue weighted by Gasteiger charge is 2.14. The molecular weight excluding hydrogens is 248 g/mol. The molecule has 0 saturated carbocycles. The van der Waals surface area contributed by atoms with Gasteiger partial charge in [0.2, 0.25) is 0 Å². The summed E-state index contributed by atoms with van der Waals surface area (Å²) in [5.74, 6) is 0. The fourth-order valence-corrected chi connectivity index (χ4v) is 2.49. The Morgan fingerprint density at radius 2 is 2.28 bits per heavy atom. The van der Waals surface area contributed by atoms with Crippen molar-refractivity contribution in [1.29, 1.82) is 0 Å². The summed E-state index contributed by atoms with van der Waals surface area (Å²) in [5, 5.41) is 5.36. The van der Waals surface area contributed by atoms with Crippen molar-refractivity contribution >= 4 is 28.2 Å². The molecule has 0 bridgehead atoms. The van der Waals surface area contributed by atoms with Crippen LogP contribution in [0, 0.1) is 0 Å². The fourth-order valence-electron chi connectivity index (χ4n) is 2.32. The molecule has 1 fully saturated rings. The Hall–Kier alpha value is -1.32. The molecule has 1 aliphatic rings. The van der Waals surface area contributed by atoms with Gasteiger partial charge in [0, 0.05) is 34.9 Å². The van der Waals surface area contributed by atoms with Crippen molar-refractivity contribution in [2.45, 2.75) is 18.9 Å². The normalized spacial score (nSPS) is 19.9. The number of anilines is 1. The highest BCUT2D eigenvalue weighted by atomic mass is 35.5. The molecule has 0 spiro atoms. The van der Waals surface area contributed by atoms with E-state index in [1.54, 1.807) is 0 Å². The minimum absolute atomic E-state index is 0.389. The Morgan fingerprint density at radius 1 is 1.33 bits per heavy atom. The molecule has 1 aromatic carbocycles. The lowest BCUT2D eigenvalue weighted by molar-refractivity contribution is 0.0876. The number of nitrogens with zero attached hydrogens (tertiary/aromatic N) is 1. The van der Waals surface area contributed by atoms with Gasteiger partial charge >= 0.3 is 0 Å². The van der Waals surface area contributed by atoms with E-state index in [2.05, 4.69) is 10.3 Å². The molecule has 3 rings (SSSR count). The van der Waals surface area contributed by atoms with Gasteiger partial charge in [-0.1, -0.05) is 11.6 Å². The van der Waals surface area contributed by atoms with Crippen molar-refractivity contribution in [1.82, 2.24) is 4.98 Å². The SMILES string of the molecule is Clc1ccc2c(NC3CCCOC3)ccnc2c1. The predicted octanol–water partition coefficient (Wildman–Crippen LogP) is 3.48. The summed E-state index contributed by atoms with van der Waals surface area (Å²) < 4.78 is 5.49. The average Bonchev–Trinajstić information content (AvgIpc) is 2.40. The molecule has 1 atom stereocenters. The average molecular weight is 263 g/mol. The molecule has 18 heavy (non-hydrogen) atoms. The van der Waals surface area contributed by atoms with Crippen LogP contribution in [0.5, 0.6) is 0 Å². The number of aromatic nitrogens is 1. The summed E-state index contributed by atoms with van der Waals surface area (Å²) in [4.78, 5) is 4.34. The first-order chi connectivity index (χ1) is 8.83. The van der Waals surface area contributed by atoms with Gasteiger partial charge in [0.1, 0.15) is 0 Å². The van der Waals surface area contributed by atoms with Gasteiger partial charge in [-0.05, 0) is 37.1 Å². The number of rotatable bonds is 2. The van der Waals surface area contributed by atoms with Crippen molar-refractivity contribution < 1.29 is 4.74 Å². The van der Waals surface area contributed by atoms with E-state index in [-0.39, 0.29) is 0 Å². The first kappa shape index (κ1) is 11.8. The zero-order valence-electron chi connectivity index (χ0n) is 10.0. The minimum Gasteiger partial charge on any atom is -0.379 e. The summed E-state index contributed by atoms with van der Waals surface area (Å²) >= 11 is 5.98. The maximum absolute atomic E-state index is 5.98. The Kier molecular flexibility index (Phi) is 3.35. The second kappa shape index (κ2) is 5.12. The van der Waals surface area contributed by atoms with E-state index >= 15 is 0 Å². The van der Waals surface area contributed by atoms with Crippen LogP contribution in [-0.4, -0.2) is 24.2 Å². The van der Waals surface area contributed by atoms with E-state index in [1.807, 2.05) is 30.5 Å². The molecule has 94 valence electrons. The molecule has 4 heteroatoms. The first-order valence-electron chi connectivity index (χ1n) is 6.21. The van der Waals surface area contributed by atoms with Gasteiger partial charge in [0.25, 0.3) is 0 Å². The second-order valence-electron chi connectivity index (χ2n) is 4.58. The zero-order valence-corrected chi connectivity index (χ0v) is 10.8. The Labute approximate surface area is 111 Å². The lowest BCUT2D eigenvalue weighted by atomic mass is 10.1. The largest absolute Gasteiger partial charge is 0.379 e. The van der Waals surface area contributed by atoms with E-state index in [0.29, 0.717) is 11.1 Å². The summed E-state index contributed by atoms with van der Waals surface area (Å²) in [5.41, 5.74) is 2.02. The Balaban J connectivity index is 1.91. The van der Waals surface area contributed by atoms with Crippen molar-refractivity contribution in [3.8, 4) is 0 Å². The summed E-state index contributed by atoms with van der Waals surface area (Å²) in [6.45, 7) is 1.66. The van der Waals surface area contributed by atoms with E-state index in [0.717, 1.165) is 42.6 Å². The predicted molar refractivity (Wildman–Crippen MR) is 74.2 cm³/mol. The van der Waals surface area contributed by atoms with Crippen molar-refractivity contribution in [3.63, 3.8) is 0 Å². The highest BCUT2D eigenvalue weighted by Crippen LogP contribution is 2.25. The third-order valence-electron chi connectivity index (χ3n) is 3.22. The topological polar surface area (TPSA) is 34.1 Å².